The van der Waals surface area contributed by atoms with Gasteiger partial charge in [-0.3, -0.25) is 9.59 Å². The Kier molecular flexibility index (Phi) is 6.67. The summed E-state index contributed by atoms with van der Waals surface area (Å²) in [7, 11) is 0. The van der Waals surface area contributed by atoms with Crippen LogP contribution in [0, 0.1) is 0 Å². The molecule has 0 atom stereocenters. The summed E-state index contributed by atoms with van der Waals surface area (Å²) in [5.74, 6) is 1.09. The summed E-state index contributed by atoms with van der Waals surface area (Å²) in [5, 5.41) is 0. The molecule has 2 aromatic heterocycles. The monoisotopic (exact) mass is 377 g/mol. The van der Waals surface area contributed by atoms with Crippen LogP contribution in [-0.2, 0) is 11.3 Å². The van der Waals surface area contributed by atoms with Crippen molar-refractivity contribution in [3.63, 3.8) is 0 Å². The van der Waals surface area contributed by atoms with Crippen LogP contribution in [0.3, 0.4) is 0 Å². The SMILES string of the molecule is CCOCCOc1coc(C[NH+]2CCN(C(=O)c3ccco3)CC2)cc1=O. The van der Waals surface area contributed by atoms with Gasteiger partial charge in [0.15, 0.2) is 11.5 Å². The predicted molar refractivity (Wildman–Crippen MR) is 96.0 cm³/mol. The molecular weight excluding hydrogens is 352 g/mol. The number of amides is 1. The minimum Gasteiger partial charge on any atom is -0.484 e. The second-order valence-electron chi connectivity index (χ2n) is 6.32. The maximum absolute atomic E-state index is 12.3. The standard InChI is InChI=1S/C19H24N2O6/c1-2-24-10-11-26-18-14-27-15(12-16(18)22)13-20-5-7-21(8-6-20)19(23)17-4-3-9-25-17/h3-4,9,12,14H,2,5-8,10-11,13H2,1H3/p+1. The van der Waals surface area contributed by atoms with Crippen molar-refractivity contribution in [3.8, 4) is 5.75 Å². The first-order valence-corrected chi connectivity index (χ1v) is 9.16. The molecule has 8 heteroatoms. The van der Waals surface area contributed by atoms with Crippen molar-refractivity contribution in [1.29, 1.82) is 0 Å². The number of hydrogen-bond donors (Lipinski definition) is 1. The third-order valence-corrected chi connectivity index (χ3v) is 4.46. The van der Waals surface area contributed by atoms with Crippen molar-refractivity contribution < 1.29 is 28.0 Å². The normalized spacial score (nSPS) is 15.1. The molecule has 1 N–H and O–H groups in total. The number of rotatable bonds is 8. The van der Waals surface area contributed by atoms with Gasteiger partial charge < -0.3 is 28.1 Å². The molecule has 1 saturated heterocycles. The molecule has 0 saturated carbocycles. The van der Waals surface area contributed by atoms with Gasteiger partial charge in [0.2, 0.25) is 11.2 Å². The largest absolute Gasteiger partial charge is 0.484 e. The first kappa shape index (κ1) is 19.2. The lowest BCUT2D eigenvalue weighted by atomic mass is 10.2. The highest BCUT2D eigenvalue weighted by atomic mass is 16.5. The second kappa shape index (κ2) is 9.38. The Hall–Kier alpha value is -2.58. The van der Waals surface area contributed by atoms with Crippen LogP contribution in [0.25, 0.3) is 0 Å². The average Bonchev–Trinajstić information content (AvgIpc) is 3.21. The van der Waals surface area contributed by atoms with E-state index in [1.807, 2.05) is 6.92 Å². The van der Waals surface area contributed by atoms with Crippen LogP contribution in [-0.4, -0.2) is 56.8 Å². The third-order valence-electron chi connectivity index (χ3n) is 4.46. The lowest BCUT2D eigenvalue weighted by molar-refractivity contribution is -0.918. The highest BCUT2D eigenvalue weighted by Gasteiger charge is 2.26. The Labute approximate surface area is 157 Å². The summed E-state index contributed by atoms with van der Waals surface area (Å²) < 4.78 is 21.3. The summed E-state index contributed by atoms with van der Waals surface area (Å²) in [6.07, 6.45) is 2.86. The van der Waals surface area contributed by atoms with E-state index >= 15 is 0 Å². The zero-order valence-electron chi connectivity index (χ0n) is 15.4. The van der Waals surface area contributed by atoms with Gasteiger partial charge in [-0.1, -0.05) is 0 Å². The minimum atomic E-state index is -0.196. The van der Waals surface area contributed by atoms with Crippen molar-refractivity contribution in [2.75, 3.05) is 46.0 Å². The maximum atomic E-state index is 12.3. The molecule has 2 aromatic rings. The van der Waals surface area contributed by atoms with Crippen LogP contribution < -0.4 is 15.1 Å². The number of ether oxygens (including phenoxy) is 2. The van der Waals surface area contributed by atoms with Gasteiger partial charge in [0.1, 0.15) is 19.4 Å². The molecule has 146 valence electrons. The Morgan fingerprint density at radius 1 is 1.26 bits per heavy atom. The number of quaternary nitrogens is 1. The van der Waals surface area contributed by atoms with Gasteiger partial charge in [-0.05, 0) is 19.1 Å². The summed E-state index contributed by atoms with van der Waals surface area (Å²) in [6, 6.07) is 4.86. The Bertz CT molecular complexity index is 778. The molecule has 0 aliphatic carbocycles. The number of nitrogens with one attached hydrogen (secondary N) is 1. The van der Waals surface area contributed by atoms with E-state index in [-0.39, 0.29) is 17.1 Å². The van der Waals surface area contributed by atoms with Crippen LogP contribution in [0.4, 0.5) is 0 Å². The summed E-state index contributed by atoms with van der Waals surface area (Å²) >= 11 is 0. The van der Waals surface area contributed by atoms with Crippen molar-refractivity contribution in [2.45, 2.75) is 13.5 Å². The van der Waals surface area contributed by atoms with E-state index in [1.165, 1.54) is 23.5 Å². The maximum Gasteiger partial charge on any atom is 0.289 e. The molecule has 8 nitrogen and oxygen atoms in total. The zero-order valence-corrected chi connectivity index (χ0v) is 15.4. The summed E-state index contributed by atoms with van der Waals surface area (Å²) in [5.41, 5.74) is -0.196. The third kappa shape index (κ3) is 5.21. The smallest absolute Gasteiger partial charge is 0.289 e. The van der Waals surface area contributed by atoms with Gasteiger partial charge in [-0.25, -0.2) is 0 Å². The Balaban J connectivity index is 1.48. The Morgan fingerprint density at radius 3 is 2.74 bits per heavy atom. The topological polar surface area (TPSA) is 86.6 Å². The minimum absolute atomic E-state index is 0.0841. The van der Waals surface area contributed by atoms with Crippen LogP contribution in [0.15, 0.2) is 44.4 Å². The lowest BCUT2D eigenvalue weighted by Gasteiger charge is -2.31. The number of furan rings is 1. The zero-order chi connectivity index (χ0) is 19.1. The van der Waals surface area contributed by atoms with Crippen molar-refractivity contribution in [1.82, 2.24) is 4.90 Å². The van der Waals surface area contributed by atoms with E-state index in [0.29, 0.717) is 51.0 Å². The second-order valence-corrected chi connectivity index (χ2v) is 6.32. The number of carbonyl (C=O) groups is 1. The van der Waals surface area contributed by atoms with Crippen molar-refractivity contribution in [2.24, 2.45) is 0 Å². The van der Waals surface area contributed by atoms with E-state index in [2.05, 4.69) is 0 Å². The molecule has 1 fully saturated rings. The highest BCUT2D eigenvalue weighted by molar-refractivity contribution is 5.91. The number of carbonyl (C=O) groups excluding carboxylic acids is 1. The van der Waals surface area contributed by atoms with Crippen LogP contribution >= 0.6 is 0 Å². The molecule has 0 bridgehead atoms. The lowest BCUT2D eigenvalue weighted by Crippen LogP contribution is -3.13. The Morgan fingerprint density at radius 2 is 2.07 bits per heavy atom. The molecule has 3 heterocycles. The van der Waals surface area contributed by atoms with Gasteiger partial charge in [0.05, 0.1) is 39.0 Å². The van der Waals surface area contributed by atoms with E-state index < -0.39 is 0 Å². The molecular formula is C19H25N2O6+. The van der Waals surface area contributed by atoms with Crippen LogP contribution in [0.2, 0.25) is 0 Å². The van der Waals surface area contributed by atoms with Gasteiger partial charge in [-0.2, -0.15) is 0 Å². The van der Waals surface area contributed by atoms with E-state index in [4.69, 9.17) is 18.3 Å². The van der Waals surface area contributed by atoms with Gasteiger partial charge in [0.25, 0.3) is 5.91 Å². The van der Waals surface area contributed by atoms with E-state index in [0.717, 1.165) is 13.1 Å². The molecule has 1 aliphatic rings. The van der Waals surface area contributed by atoms with Crippen molar-refractivity contribution >= 4 is 5.91 Å². The van der Waals surface area contributed by atoms with Crippen molar-refractivity contribution in [3.05, 3.63) is 52.5 Å². The first-order valence-electron chi connectivity index (χ1n) is 9.16. The number of piperazine rings is 1. The highest BCUT2D eigenvalue weighted by Crippen LogP contribution is 2.07. The van der Waals surface area contributed by atoms with Gasteiger partial charge in [-0.15, -0.1) is 0 Å². The van der Waals surface area contributed by atoms with Gasteiger partial charge >= 0.3 is 0 Å². The number of nitrogens with zero attached hydrogens (tertiary/aromatic N) is 1. The fourth-order valence-corrected chi connectivity index (χ4v) is 3.00. The quantitative estimate of drug-likeness (QED) is 0.661. The van der Waals surface area contributed by atoms with E-state index in [9.17, 15) is 9.59 Å². The van der Waals surface area contributed by atoms with E-state index in [1.54, 1.807) is 17.0 Å². The van der Waals surface area contributed by atoms with Crippen LogP contribution in [0.5, 0.6) is 5.75 Å². The molecule has 27 heavy (non-hydrogen) atoms. The average molecular weight is 377 g/mol. The molecule has 1 aliphatic heterocycles. The molecule has 0 radical (unpaired) electrons. The summed E-state index contributed by atoms with van der Waals surface area (Å²) in [6.45, 7) is 6.69. The fourth-order valence-electron chi connectivity index (χ4n) is 3.00. The van der Waals surface area contributed by atoms with Gasteiger partial charge in [0, 0.05) is 12.7 Å². The summed E-state index contributed by atoms with van der Waals surface area (Å²) in [4.78, 5) is 27.4. The first-order chi connectivity index (χ1) is 13.2. The molecule has 0 spiro atoms. The fraction of sp³-hybridized carbons (Fsp3) is 0.474. The van der Waals surface area contributed by atoms with Crippen LogP contribution in [0.1, 0.15) is 23.2 Å². The molecule has 3 rings (SSSR count). The number of hydrogen-bond acceptors (Lipinski definition) is 6. The predicted octanol–water partition coefficient (Wildman–Crippen LogP) is 0.189. The molecule has 0 unspecified atom stereocenters. The molecule has 0 aromatic carbocycles. The molecule has 1 amide bonds.